The second-order valence-electron chi connectivity index (χ2n) is 4.83. The minimum absolute atomic E-state index is 0.423. The van der Waals surface area contributed by atoms with E-state index in [9.17, 15) is 0 Å². The molecule has 0 aliphatic carbocycles. The van der Waals surface area contributed by atoms with Gasteiger partial charge in [-0.15, -0.1) is 11.3 Å². The van der Waals surface area contributed by atoms with E-state index in [1.807, 2.05) is 11.3 Å². The van der Waals surface area contributed by atoms with Gasteiger partial charge >= 0.3 is 0 Å². The Morgan fingerprint density at radius 3 is 2.82 bits per heavy atom. The average molecular weight is 253 g/mol. The van der Waals surface area contributed by atoms with E-state index in [2.05, 4.69) is 38.2 Å². The van der Waals surface area contributed by atoms with E-state index < -0.39 is 0 Å². The Kier molecular flexibility index (Phi) is 4.60. The predicted octanol–water partition coefficient (Wildman–Crippen LogP) is 3.39. The molecule has 2 heterocycles. The van der Waals surface area contributed by atoms with Crippen LogP contribution in [0, 0.1) is 5.92 Å². The Bertz CT molecular complexity index is 350. The Morgan fingerprint density at radius 1 is 1.47 bits per heavy atom. The summed E-state index contributed by atoms with van der Waals surface area (Å²) in [7, 11) is 0. The van der Waals surface area contributed by atoms with Crippen molar-refractivity contribution in [3.8, 4) is 0 Å². The van der Waals surface area contributed by atoms with Gasteiger partial charge in [0.15, 0.2) is 0 Å². The van der Waals surface area contributed by atoms with Gasteiger partial charge in [0.05, 0.1) is 12.7 Å². The molecule has 17 heavy (non-hydrogen) atoms. The number of thiophene rings is 1. The molecule has 1 aliphatic heterocycles. The second kappa shape index (κ2) is 5.98. The third-order valence-electron chi connectivity index (χ3n) is 3.46. The van der Waals surface area contributed by atoms with Crippen LogP contribution in [-0.4, -0.2) is 19.3 Å². The van der Waals surface area contributed by atoms with E-state index in [-0.39, 0.29) is 0 Å². The molecule has 1 fully saturated rings. The highest BCUT2D eigenvalue weighted by Crippen LogP contribution is 2.35. The van der Waals surface area contributed by atoms with Gasteiger partial charge in [0, 0.05) is 21.7 Å². The number of hydrogen-bond donors (Lipinski definition) is 1. The quantitative estimate of drug-likeness (QED) is 0.868. The van der Waals surface area contributed by atoms with E-state index in [1.165, 1.54) is 16.2 Å². The van der Waals surface area contributed by atoms with Crippen molar-refractivity contribution in [3.63, 3.8) is 0 Å². The molecule has 0 bridgehead atoms. The number of aryl methyl sites for hydroxylation is 1. The minimum Gasteiger partial charge on any atom is -0.378 e. The van der Waals surface area contributed by atoms with Crippen LogP contribution in [0.5, 0.6) is 0 Å². The molecule has 1 aliphatic rings. The zero-order valence-corrected chi connectivity index (χ0v) is 11.8. The van der Waals surface area contributed by atoms with Crippen LogP contribution in [0.4, 0.5) is 0 Å². The minimum atomic E-state index is 0.423. The van der Waals surface area contributed by atoms with Crippen molar-refractivity contribution < 1.29 is 4.74 Å². The average Bonchev–Trinajstić information content (AvgIpc) is 2.94. The fourth-order valence-corrected chi connectivity index (χ4v) is 3.68. The Hall–Kier alpha value is -0.380. The molecule has 0 amide bonds. The van der Waals surface area contributed by atoms with Crippen LogP contribution in [0.15, 0.2) is 12.1 Å². The summed E-state index contributed by atoms with van der Waals surface area (Å²) in [5.41, 5.74) is 0. The van der Waals surface area contributed by atoms with Crippen molar-refractivity contribution in [2.24, 2.45) is 5.92 Å². The van der Waals surface area contributed by atoms with Crippen molar-refractivity contribution in [1.82, 2.24) is 5.32 Å². The molecule has 3 unspecified atom stereocenters. The molecule has 0 aromatic carbocycles. The highest BCUT2D eigenvalue weighted by atomic mass is 32.1. The van der Waals surface area contributed by atoms with E-state index >= 15 is 0 Å². The smallest absolute Gasteiger partial charge is 0.0551 e. The van der Waals surface area contributed by atoms with Crippen molar-refractivity contribution in [2.45, 2.75) is 45.8 Å². The van der Waals surface area contributed by atoms with Gasteiger partial charge in [-0.3, -0.25) is 0 Å². The van der Waals surface area contributed by atoms with Crippen LogP contribution in [0.1, 0.15) is 43.0 Å². The van der Waals surface area contributed by atoms with E-state index in [0.717, 1.165) is 19.6 Å². The number of hydrogen-bond acceptors (Lipinski definition) is 3. The number of nitrogens with one attached hydrogen (secondary N) is 1. The molecule has 1 aromatic rings. The lowest BCUT2D eigenvalue weighted by molar-refractivity contribution is 0.117. The number of ether oxygens (including phenoxy) is 1. The third kappa shape index (κ3) is 3.09. The molecule has 2 rings (SSSR count). The van der Waals surface area contributed by atoms with Crippen molar-refractivity contribution in [2.75, 3.05) is 13.2 Å². The van der Waals surface area contributed by atoms with E-state index in [0.29, 0.717) is 18.1 Å². The zero-order chi connectivity index (χ0) is 12.3. The van der Waals surface area contributed by atoms with Crippen LogP contribution in [-0.2, 0) is 11.2 Å². The molecule has 3 heteroatoms. The number of rotatable bonds is 5. The summed E-state index contributed by atoms with van der Waals surface area (Å²) >= 11 is 1.95. The zero-order valence-electron chi connectivity index (χ0n) is 11.0. The molecule has 0 spiro atoms. The topological polar surface area (TPSA) is 21.3 Å². The molecule has 0 saturated carbocycles. The maximum atomic E-state index is 5.71. The predicted molar refractivity (Wildman–Crippen MR) is 73.6 cm³/mol. The molecule has 3 atom stereocenters. The van der Waals surface area contributed by atoms with Gasteiger partial charge in [-0.05, 0) is 38.4 Å². The van der Waals surface area contributed by atoms with Crippen LogP contribution >= 0.6 is 11.3 Å². The van der Waals surface area contributed by atoms with Crippen molar-refractivity contribution >= 4 is 11.3 Å². The fourth-order valence-electron chi connectivity index (χ4n) is 2.55. The second-order valence-corrected chi connectivity index (χ2v) is 6.03. The molecule has 1 aromatic heterocycles. The van der Waals surface area contributed by atoms with Gasteiger partial charge in [0.2, 0.25) is 0 Å². The van der Waals surface area contributed by atoms with Gasteiger partial charge in [-0.2, -0.15) is 0 Å². The van der Waals surface area contributed by atoms with Crippen LogP contribution < -0.4 is 5.32 Å². The van der Waals surface area contributed by atoms with Crippen LogP contribution in [0.25, 0.3) is 0 Å². The van der Waals surface area contributed by atoms with Crippen molar-refractivity contribution in [3.05, 3.63) is 21.9 Å². The van der Waals surface area contributed by atoms with Gasteiger partial charge in [-0.25, -0.2) is 0 Å². The summed E-state index contributed by atoms with van der Waals surface area (Å²) in [5, 5.41) is 3.63. The molecule has 1 N–H and O–H groups in total. The monoisotopic (exact) mass is 253 g/mol. The van der Waals surface area contributed by atoms with E-state index in [4.69, 9.17) is 4.74 Å². The maximum absolute atomic E-state index is 5.71. The first-order valence-electron chi connectivity index (χ1n) is 6.68. The lowest BCUT2D eigenvalue weighted by Crippen LogP contribution is -2.27. The maximum Gasteiger partial charge on any atom is 0.0551 e. The van der Waals surface area contributed by atoms with Gasteiger partial charge in [0.1, 0.15) is 0 Å². The van der Waals surface area contributed by atoms with E-state index in [1.54, 1.807) is 0 Å². The SMILES string of the molecule is CCNC(c1ccc(CC)s1)C1COC(C)C1. The molecule has 1 saturated heterocycles. The Labute approximate surface area is 108 Å². The van der Waals surface area contributed by atoms with Gasteiger partial charge < -0.3 is 10.1 Å². The lowest BCUT2D eigenvalue weighted by atomic mass is 9.95. The summed E-state index contributed by atoms with van der Waals surface area (Å²) in [5.74, 6) is 0.633. The molecular weight excluding hydrogens is 230 g/mol. The summed E-state index contributed by atoms with van der Waals surface area (Å²) < 4.78 is 5.71. The summed E-state index contributed by atoms with van der Waals surface area (Å²) in [6.45, 7) is 8.50. The first kappa shape index (κ1) is 13.1. The third-order valence-corrected chi connectivity index (χ3v) is 4.78. The highest BCUT2D eigenvalue weighted by molar-refractivity contribution is 7.12. The Balaban J connectivity index is 2.10. The van der Waals surface area contributed by atoms with Gasteiger partial charge in [-0.1, -0.05) is 13.8 Å². The first-order chi connectivity index (χ1) is 8.24. The standard InChI is InChI=1S/C14H23NOS/c1-4-12-6-7-13(17-12)14(15-5-2)11-8-10(3)16-9-11/h6-7,10-11,14-15H,4-5,8-9H2,1-3H3. The summed E-state index contributed by atoms with van der Waals surface area (Å²) in [4.78, 5) is 2.96. The van der Waals surface area contributed by atoms with Gasteiger partial charge in [0.25, 0.3) is 0 Å². The normalized spacial score (nSPS) is 26.3. The molecule has 0 radical (unpaired) electrons. The summed E-state index contributed by atoms with van der Waals surface area (Å²) in [6, 6.07) is 5.04. The molecule has 2 nitrogen and oxygen atoms in total. The fraction of sp³-hybridized carbons (Fsp3) is 0.714. The summed E-state index contributed by atoms with van der Waals surface area (Å²) in [6.07, 6.45) is 2.74. The Morgan fingerprint density at radius 2 is 2.29 bits per heavy atom. The van der Waals surface area contributed by atoms with Crippen molar-refractivity contribution in [1.29, 1.82) is 0 Å². The molecular formula is C14H23NOS. The van der Waals surface area contributed by atoms with Crippen LogP contribution in [0.3, 0.4) is 0 Å². The highest BCUT2D eigenvalue weighted by Gasteiger charge is 2.30. The first-order valence-corrected chi connectivity index (χ1v) is 7.49. The lowest BCUT2D eigenvalue weighted by Gasteiger charge is -2.22. The largest absolute Gasteiger partial charge is 0.378 e. The van der Waals surface area contributed by atoms with Crippen LogP contribution in [0.2, 0.25) is 0 Å². The molecule has 96 valence electrons.